The first-order chi connectivity index (χ1) is 7.49. The molecule has 0 aliphatic carbocycles. The van der Waals surface area contributed by atoms with Crippen molar-refractivity contribution in [2.75, 3.05) is 32.5 Å². The van der Waals surface area contributed by atoms with Gasteiger partial charge in [0.15, 0.2) is 0 Å². The average molecular weight is 243 g/mol. The van der Waals surface area contributed by atoms with Crippen LogP contribution in [0.3, 0.4) is 0 Å². The van der Waals surface area contributed by atoms with Gasteiger partial charge in [0.2, 0.25) is 0 Å². The summed E-state index contributed by atoms with van der Waals surface area (Å²) in [6.07, 6.45) is -0.380. The molecule has 90 valence electrons. The smallest absolute Gasteiger partial charge is 0.0838 e. The van der Waals surface area contributed by atoms with Gasteiger partial charge >= 0.3 is 0 Å². The number of likely N-dealkylation sites (N-methyl/N-ethyl adjacent to an activating group) is 1. The molecule has 0 saturated heterocycles. The third-order valence-corrected chi connectivity index (χ3v) is 2.70. The number of aliphatic hydroxyl groups is 1. The maximum absolute atomic E-state index is 9.67. The van der Waals surface area contributed by atoms with Crippen molar-refractivity contribution in [1.29, 1.82) is 0 Å². The third-order valence-electron chi connectivity index (χ3n) is 2.29. The van der Waals surface area contributed by atoms with E-state index in [9.17, 15) is 5.11 Å². The van der Waals surface area contributed by atoms with E-state index in [1.807, 2.05) is 44.1 Å². The Labute approximate surface area is 102 Å². The van der Waals surface area contributed by atoms with Gasteiger partial charge in [-0.1, -0.05) is 17.7 Å². The molecule has 1 rings (SSSR count). The molecule has 0 bridgehead atoms. The molecular weight excluding hydrogens is 224 g/mol. The number of rotatable bonds is 5. The molecule has 1 aromatic carbocycles. The van der Waals surface area contributed by atoms with Crippen molar-refractivity contribution < 1.29 is 5.11 Å². The highest BCUT2D eigenvalue weighted by Crippen LogP contribution is 2.19. The van der Waals surface area contributed by atoms with E-state index in [0.29, 0.717) is 13.1 Å². The number of aliphatic hydroxyl groups excluding tert-OH is 1. The summed E-state index contributed by atoms with van der Waals surface area (Å²) in [4.78, 5) is 1.95. The Morgan fingerprint density at radius 1 is 1.44 bits per heavy atom. The van der Waals surface area contributed by atoms with Gasteiger partial charge in [0.05, 0.1) is 6.10 Å². The van der Waals surface area contributed by atoms with Crippen molar-refractivity contribution in [3.8, 4) is 0 Å². The fourth-order valence-corrected chi connectivity index (χ4v) is 1.61. The number of nitrogens with zero attached hydrogens (tertiary/aromatic N) is 1. The number of aryl methyl sites for hydroxylation is 1. The van der Waals surface area contributed by atoms with E-state index in [4.69, 9.17) is 11.6 Å². The zero-order chi connectivity index (χ0) is 12.1. The predicted octanol–water partition coefficient (Wildman–Crippen LogP) is 1.98. The summed E-state index contributed by atoms with van der Waals surface area (Å²) >= 11 is 6.00. The molecule has 3 nitrogen and oxygen atoms in total. The molecule has 1 unspecified atom stereocenters. The lowest BCUT2D eigenvalue weighted by Crippen LogP contribution is -2.31. The SMILES string of the molecule is Cc1ccc(NCC(O)CN(C)C)cc1Cl. The Kier molecular flexibility index (Phi) is 5.06. The lowest BCUT2D eigenvalue weighted by Gasteiger charge is -2.17. The molecule has 0 aromatic heterocycles. The number of nitrogens with one attached hydrogen (secondary N) is 1. The number of hydrogen-bond acceptors (Lipinski definition) is 3. The van der Waals surface area contributed by atoms with Gasteiger partial charge in [0, 0.05) is 23.8 Å². The second-order valence-corrected chi connectivity index (χ2v) is 4.67. The summed E-state index contributed by atoms with van der Waals surface area (Å²) in [5, 5.41) is 13.6. The van der Waals surface area contributed by atoms with E-state index in [1.165, 1.54) is 0 Å². The van der Waals surface area contributed by atoms with Gasteiger partial charge < -0.3 is 15.3 Å². The summed E-state index contributed by atoms with van der Waals surface area (Å²) < 4.78 is 0. The Morgan fingerprint density at radius 3 is 2.69 bits per heavy atom. The fourth-order valence-electron chi connectivity index (χ4n) is 1.42. The van der Waals surface area contributed by atoms with Gasteiger partial charge in [-0.3, -0.25) is 0 Å². The van der Waals surface area contributed by atoms with Crippen LogP contribution >= 0.6 is 11.6 Å². The van der Waals surface area contributed by atoms with Crippen LogP contribution in [0, 0.1) is 6.92 Å². The monoisotopic (exact) mass is 242 g/mol. The van der Waals surface area contributed by atoms with Crippen molar-refractivity contribution in [3.63, 3.8) is 0 Å². The van der Waals surface area contributed by atoms with Crippen LogP contribution in [0.1, 0.15) is 5.56 Å². The van der Waals surface area contributed by atoms with Gasteiger partial charge in [-0.25, -0.2) is 0 Å². The number of halogens is 1. The third kappa shape index (κ3) is 4.39. The fraction of sp³-hybridized carbons (Fsp3) is 0.500. The van der Waals surface area contributed by atoms with Gasteiger partial charge in [0.25, 0.3) is 0 Å². The molecule has 1 aromatic rings. The minimum absolute atomic E-state index is 0.380. The van der Waals surface area contributed by atoms with Crippen molar-refractivity contribution in [2.24, 2.45) is 0 Å². The molecule has 0 fully saturated rings. The zero-order valence-electron chi connectivity index (χ0n) is 10.00. The molecule has 0 radical (unpaired) electrons. The highest BCUT2D eigenvalue weighted by atomic mass is 35.5. The maximum Gasteiger partial charge on any atom is 0.0838 e. The Morgan fingerprint density at radius 2 is 2.12 bits per heavy atom. The van der Waals surface area contributed by atoms with E-state index < -0.39 is 0 Å². The second kappa shape index (κ2) is 6.09. The average Bonchev–Trinajstić information content (AvgIpc) is 2.19. The molecule has 0 amide bonds. The number of anilines is 1. The molecule has 16 heavy (non-hydrogen) atoms. The van der Waals surface area contributed by atoms with E-state index >= 15 is 0 Å². The molecule has 4 heteroatoms. The second-order valence-electron chi connectivity index (χ2n) is 4.26. The predicted molar refractivity (Wildman–Crippen MR) is 69.2 cm³/mol. The Balaban J connectivity index is 2.45. The standard InChI is InChI=1S/C12H19ClN2O/c1-9-4-5-10(6-12(9)13)14-7-11(16)8-15(2)3/h4-6,11,14,16H,7-8H2,1-3H3. The van der Waals surface area contributed by atoms with Gasteiger partial charge in [0.1, 0.15) is 0 Å². The molecular formula is C12H19ClN2O. The quantitative estimate of drug-likeness (QED) is 0.829. The summed E-state index contributed by atoms with van der Waals surface area (Å²) in [6, 6.07) is 5.80. The van der Waals surface area contributed by atoms with E-state index in [-0.39, 0.29) is 6.10 Å². The normalized spacial score (nSPS) is 12.9. The number of hydrogen-bond donors (Lipinski definition) is 2. The molecule has 0 aliphatic heterocycles. The topological polar surface area (TPSA) is 35.5 Å². The van der Waals surface area contributed by atoms with Crippen molar-refractivity contribution in [1.82, 2.24) is 4.90 Å². The maximum atomic E-state index is 9.67. The van der Waals surface area contributed by atoms with E-state index in [2.05, 4.69) is 5.32 Å². The molecule has 0 heterocycles. The first kappa shape index (κ1) is 13.3. The highest BCUT2D eigenvalue weighted by Gasteiger charge is 2.05. The molecule has 0 saturated carbocycles. The molecule has 0 spiro atoms. The van der Waals surface area contributed by atoms with Crippen LogP contribution in [-0.4, -0.2) is 43.3 Å². The van der Waals surface area contributed by atoms with Crippen LogP contribution in [0.4, 0.5) is 5.69 Å². The summed E-state index contributed by atoms with van der Waals surface area (Å²) in [5.74, 6) is 0. The van der Waals surface area contributed by atoms with Crippen LogP contribution in [-0.2, 0) is 0 Å². The van der Waals surface area contributed by atoms with Crippen LogP contribution in [0.25, 0.3) is 0 Å². The lowest BCUT2D eigenvalue weighted by molar-refractivity contribution is 0.148. The number of benzene rings is 1. The van der Waals surface area contributed by atoms with Crippen LogP contribution < -0.4 is 5.32 Å². The molecule has 1 atom stereocenters. The minimum Gasteiger partial charge on any atom is -0.390 e. The molecule has 2 N–H and O–H groups in total. The Hall–Kier alpha value is -0.770. The summed E-state index contributed by atoms with van der Waals surface area (Å²) in [6.45, 7) is 3.14. The largest absolute Gasteiger partial charge is 0.390 e. The van der Waals surface area contributed by atoms with Crippen LogP contribution in [0.2, 0.25) is 5.02 Å². The minimum atomic E-state index is -0.380. The van der Waals surface area contributed by atoms with E-state index in [0.717, 1.165) is 16.3 Å². The van der Waals surface area contributed by atoms with Crippen molar-refractivity contribution in [3.05, 3.63) is 28.8 Å². The van der Waals surface area contributed by atoms with Gasteiger partial charge in [-0.2, -0.15) is 0 Å². The summed E-state index contributed by atoms with van der Waals surface area (Å²) in [5.41, 5.74) is 1.99. The Bertz CT molecular complexity index is 342. The summed E-state index contributed by atoms with van der Waals surface area (Å²) in [7, 11) is 3.87. The highest BCUT2D eigenvalue weighted by molar-refractivity contribution is 6.31. The van der Waals surface area contributed by atoms with Crippen LogP contribution in [0.15, 0.2) is 18.2 Å². The molecule has 0 aliphatic rings. The van der Waals surface area contributed by atoms with Gasteiger partial charge in [-0.15, -0.1) is 0 Å². The van der Waals surface area contributed by atoms with E-state index in [1.54, 1.807) is 0 Å². The van der Waals surface area contributed by atoms with Crippen LogP contribution in [0.5, 0.6) is 0 Å². The van der Waals surface area contributed by atoms with Crippen molar-refractivity contribution >= 4 is 17.3 Å². The lowest BCUT2D eigenvalue weighted by atomic mass is 10.2. The zero-order valence-corrected chi connectivity index (χ0v) is 10.8. The van der Waals surface area contributed by atoms with Crippen molar-refractivity contribution in [2.45, 2.75) is 13.0 Å². The van der Waals surface area contributed by atoms with Gasteiger partial charge in [-0.05, 0) is 38.7 Å². The first-order valence-electron chi connectivity index (χ1n) is 5.32. The first-order valence-corrected chi connectivity index (χ1v) is 5.69.